The Bertz CT molecular complexity index is 1240. The lowest BCUT2D eigenvalue weighted by atomic mass is 9.82. The molecule has 2 aromatic carbocycles. The summed E-state index contributed by atoms with van der Waals surface area (Å²) >= 11 is 5.88. The van der Waals surface area contributed by atoms with Gasteiger partial charge in [0, 0.05) is 28.3 Å². The van der Waals surface area contributed by atoms with Crippen LogP contribution in [0, 0.1) is 22.0 Å². The third-order valence-electron chi connectivity index (χ3n) is 6.04. The van der Waals surface area contributed by atoms with Crippen LogP contribution in [0.25, 0.3) is 0 Å². The summed E-state index contributed by atoms with van der Waals surface area (Å²) in [6.07, 6.45) is 2.64. The van der Waals surface area contributed by atoms with Gasteiger partial charge in [-0.2, -0.15) is 5.01 Å². The maximum Gasteiger partial charge on any atom is 0.273 e. The second-order valence-corrected chi connectivity index (χ2v) is 8.73. The fraction of sp³-hybridized carbons (Fsp3) is 0.250. The normalized spacial score (nSPS) is 19.5. The van der Waals surface area contributed by atoms with Gasteiger partial charge in [0.2, 0.25) is 0 Å². The van der Waals surface area contributed by atoms with E-state index in [4.69, 9.17) is 11.6 Å². The van der Waals surface area contributed by atoms with Gasteiger partial charge in [0.1, 0.15) is 6.54 Å². The number of nitro groups is 1. The van der Waals surface area contributed by atoms with Gasteiger partial charge < -0.3 is 0 Å². The molecule has 1 aliphatic heterocycles. The van der Waals surface area contributed by atoms with E-state index < -0.39 is 46.8 Å². The van der Waals surface area contributed by atoms with Gasteiger partial charge in [-0.15, -0.1) is 0 Å². The van der Waals surface area contributed by atoms with Crippen molar-refractivity contribution < 1.29 is 24.1 Å². The molecule has 0 unspecified atom stereocenters. The zero-order valence-electron chi connectivity index (χ0n) is 18.1. The smallest absolute Gasteiger partial charge is 0.273 e. The molecule has 10 heteroatoms. The SMILES string of the molecule is CC1=CC[C@@H]2C(=O)N(N(CC(=O)c3ccc(Cl)cc3)C(=O)c3cccc([N+](=O)[O-])c3)C(=O)[C@H]2C1. The van der Waals surface area contributed by atoms with E-state index >= 15 is 0 Å². The van der Waals surface area contributed by atoms with Crippen molar-refractivity contribution >= 4 is 40.8 Å². The molecular weight excluding hydrogens is 462 g/mol. The van der Waals surface area contributed by atoms with Crippen LogP contribution in [0.3, 0.4) is 0 Å². The van der Waals surface area contributed by atoms with E-state index in [1.54, 1.807) is 0 Å². The molecule has 0 saturated carbocycles. The highest BCUT2D eigenvalue weighted by molar-refractivity contribution is 6.30. The molecule has 34 heavy (non-hydrogen) atoms. The molecule has 0 aromatic heterocycles. The molecule has 1 saturated heterocycles. The van der Waals surface area contributed by atoms with Crippen LogP contribution in [0.4, 0.5) is 5.69 Å². The lowest BCUT2D eigenvalue weighted by Gasteiger charge is -2.30. The predicted octanol–water partition coefficient (Wildman–Crippen LogP) is 3.83. The van der Waals surface area contributed by atoms with E-state index in [2.05, 4.69) is 0 Å². The molecule has 4 rings (SSSR count). The van der Waals surface area contributed by atoms with Crippen LogP contribution in [0.15, 0.2) is 60.2 Å². The summed E-state index contributed by atoms with van der Waals surface area (Å²) in [5, 5.41) is 13.2. The number of non-ortho nitro benzene ring substituents is 1. The number of allylic oxidation sites excluding steroid dienone is 2. The molecule has 174 valence electrons. The summed E-state index contributed by atoms with van der Waals surface area (Å²) in [6.45, 7) is 1.26. The molecule has 1 fully saturated rings. The Kier molecular flexibility index (Phi) is 6.30. The van der Waals surface area contributed by atoms with Gasteiger partial charge in [0.25, 0.3) is 23.4 Å². The number of hydrogen-bond donors (Lipinski definition) is 0. The number of Topliss-reactive ketones (excluding diaryl/α,β-unsaturated/α-hetero) is 1. The number of fused-ring (bicyclic) bond motifs is 1. The summed E-state index contributed by atoms with van der Waals surface area (Å²) in [7, 11) is 0. The van der Waals surface area contributed by atoms with Crippen LogP contribution < -0.4 is 0 Å². The molecule has 2 aromatic rings. The van der Waals surface area contributed by atoms with Crippen LogP contribution in [-0.4, -0.2) is 45.0 Å². The second kappa shape index (κ2) is 9.18. The fourth-order valence-electron chi connectivity index (χ4n) is 4.26. The van der Waals surface area contributed by atoms with Gasteiger partial charge in [-0.05, 0) is 50.1 Å². The molecule has 0 bridgehead atoms. The predicted molar refractivity (Wildman–Crippen MR) is 122 cm³/mol. The van der Waals surface area contributed by atoms with Gasteiger partial charge in [-0.25, -0.2) is 5.01 Å². The molecule has 2 atom stereocenters. The topological polar surface area (TPSA) is 118 Å². The molecule has 0 N–H and O–H groups in total. The summed E-state index contributed by atoms with van der Waals surface area (Å²) < 4.78 is 0. The maximum atomic E-state index is 13.5. The van der Waals surface area contributed by atoms with Gasteiger partial charge in [0.15, 0.2) is 5.78 Å². The van der Waals surface area contributed by atoms with Crippen molar-refractivity contribution in [2.75, 3.05) is 6.54 Å². The van der Waals surface area contributed by atoms with E-state index in [0.717, 1.165) is 21.7 Å². The van der Waals surface area contributed by atoms with Gasteiger partial charge in [-0.1, -0.05) is 29.3 Å². The molecular formula is C24H20ClN3O6. The summed E-state index contributed by atoms with van der Waals surface area (Å²) in [6, 6.07) is 10.9. The first kappa shape index (κ1) is 23.3. The molecule has 1 heterocycles. The number of carbonyl (C=O) groups excluding carboxylic acids is 4. The standard InChI is InChI=1S/C24H20ClN3O6/c1-14-5-10-19-20(11-14)24(32)27(23(19)31)26(13-21(29)15-6-8-17(25)9-7-15)22(30)16-3-2-4-18(12-16)28(33)34/h2-9,12,19-20H,10-11,13H2,1H3/t19-,20-/m0/s1. The average Bonchev–Trinajstić information content (AvgIpc) is 3.06. The average molecular weight is 482 g/mol. The van der Waals surface area contributed by atoms with E-state index in [0.29, 0.717) is 17.9 Å². The van der Waals surface area contributed by atoms with Gasteiger partial charge in [-0.3, -0.25) is 29.3 Å². The minimum Gasteiger partial charge on any atom is -0.292 e. The number of rotatable bonds is 6. The van der Waals surface area contributed by atoms with Crippen molar-refractivity contribution in [1.29, 1.82) is 0 Å². The number of hydrogen-bond acceptors (Lipinski definition) is 6. The third kappa shape index (κ3) is 4.34. The fourth-order valence-corrected chi connectivity index (χ4v) is 4.38. The first-order chi connectivity index (χ1) is 16.2. The van der Waals surface area contributed by atoms with Crippen molar-refractivity contribution in [1.82, 2.24) is 10.0 Å². The minimum atomic E-state index is -0.865. The summed E-state index contributed by atoms with van der Waals surface area (Å²) in [5.74, 6) is -3.77. The number of nitrogens with zero attached hydrogens (tertiary/aromatic N) is 3. The highest BCUT2D eigenvalue weighted by Gasteiger charge is 2.51. The van der Waals surface area contributed by atoms with Crippen molar-refractivity contribution in [2.45, 2.75) is 19.8 Å². The largest absolute Gasteiger partial charge is 0.292 e. The Balaban J connectivity index is 1.71. The lowest BCUT2D eigenvalue weighted by Crippen LogP contribution is -2.52. The number of hydrazine groups is 1. The maximum absolute atomic E-state index is 13.5. The van der Waals surface area contributed by atoms with Crippen molar-refractivity contribution in [2.24, 2.45) is 11.8 Å². The zero-order valence-corrected chi connectivity index (χ0v) is 18.9. The van der Waals surface area contributed by atoms with Crippen LogP contribution >= 0.6 is 11.6 Å². The number of amides is 3. The number of ketones is 1. The molecule has 9 nitrogen and oxygen atoms in total. The zero-order chi connectivity index (χ0) is 24.6. The van der Waals surface area contributed by atoms with Crippen LogP contribution in [0.2, 0.25) is 5.02 Å². The first-order valence-corrected chi connectivity index (χ1v) is 10.9. The van der Waals surface area contributed by atoms with E-state index in [1.807, 2.05) is 13.0 Å². The molecule has 1 aliphatic carbocycles. The number of benzene rings is 2. The van der Waals surface area contributed by atoms with E-state index in [9.17, 15) is 29.3 Å². The Hall–Kier alpha value is -3.85. The van der Waals surface area contributed by atoms with Crippen LogP contribution in [-0.2, 0) is 9.59 Å². The molecule has 2 aliphatic rings. The first-order valence-electron chi connectivity index (χ1n) is 10.6. The number of carbonyl (C=O) groups is 4. The lowest BCUT2D eigenvalue weighted by molar-refractivity contribution is -0.384. The minimum absolute atomic E-state index is 0.122. The van der Waals surface area contributed by atoms with Gasteiger partial charge >= 0.3 is 0 Å². The van der Waals surface area contributed by atoms with Crippen molar-refractivity contribution in [3.05, 3.63) is 86.4 Å². The Morgan fingerprint density at radius 1 is 1.09 bits per heavy atom. The van der Waals surface area contributed by atoms with E-state index in [1.165, 1.54) is 42.5 Å². The molecule has 0 spiro atoms. The van der Waals surface area contributed by atoms with Gasteiger partial charge in [0.05, 0.1) is 16.8 Å². The summed E-state index contributed by atoms with van der Waals surface area (Å²) in [4.78, 5) is 63.5. The van der Waals surface area contributed by atoms with E-state index in [-0.39, 0.29) is 16.8 Å². The second-order valence-electron chi connectivity index (χ2n) is 8.29. The van der Waals surface area contributed by atoms with Crippen LogP contribution in [0.1, 0.15) is 40.5 Å². The summed E-state index contributed by atoms with van der Waals surface area (Å²) in [5.41, 5.74) is 0.749. The molecule has 0 radical (unpaired) electrons. The van der Waals surface area contributed by atoms with Crippen molar-refractivity contribution in [3.8, 4) is 0 Å². The van der Waals surface area contributed by atoms with Crippen molar-refractivity contribution in [3.63, 3.8) is 0 Å². The molecule has 3 amide bonds. The Morgan fingerprint density at radius 3 is 2.44 bits per heavy atom. The number of imide groups is 1. The Labute approximate surface area is 199 Å². The number of halogens is 1. The Morgan fingerprint density at radius 2 is 1.76 bits per heavy atom. The van der Waals surface area contributed by atoms with Crippen LogP contribution in [0.5, 0.6) is 0 Å². The number of nitro benzene ring substituents is 1. The highest BCUT2D eigenvalue weighted by atomic mass is 35.5. The third-order valence-corrected chi connectivity index (χ3v) is 6.29. The monoisotopic (exact) mass is 481 g/mol. The quantitative estimate of drug-likeness (QED) is 0.203. The highest BCUT2D eigenvalue weighted by Crippen LogP contribution is 2.38.